The minimum absolute atomic E-state index is 0.379. The molecule has 1 aromatic rings. The van der Waals surface area contributed by atoms with Crippen LogP contribution in [0, 0.1) is 0 Å². The molecule has 1 heterocycles. The molecule has 2 rings (SSSR count). The summed E-state index contributed by atoms with van der Waals surface area (Å²) in [4.78, 5) is 2.71. The molecule has 1 saturated heterocycles. The van der Waals surface area contributed by atoms with Crippen LogP contribution in [0.4, 0.5) is 5.69 Å². The van der Waals surface area contributed by atoms with E-state index in [1.54, 1.807) is 0 Å². The molecule has 0 amide bonds. The summed E-state index contributed by atoms with van der Waals surface area (Å²) in [5.41, 5.74) is 7.54. The molecule has 18 heavy (non-hydrogen) atoms. The van der Waals surface area contributed by atoms with Gasteiger partial charge in [0.2, 0.25) is 0 Å². The smallest absolute Gasteiger partial charge is 0.106 e. The van der Waals surface area contributed by atoms with Gasteiger partial charge in [-0.3, -0.25) is 0 Å². The van der Waals surface area contributed by atoms with E-state index in [4.69, 9.17) is 29.6 Å². The van der Waals surface area contributed by atoms with Crippen LogP contribution in [0.15, 0.2) is 18.2 Å². The van der Waals surface area contributed by atoms with Gasteiger partial charge < -0.3 is 16.0 Å². The van der Waals surface area contributed by atoms with Gasteiger partial charge >= 0.3 is 0 Å². The molecule has 3 N–H and O–H groups in total. The van der Waals surface area contributed by atoms with Gasteiger partial charge in [-0.25, -0.2) is 0 Å². The number of thiocarbonyl (C=S) groups is 1. The normalized spacial score (nSPS) is 20.7. The average molecular weight is 284 g/mol. The molecule has 0 aliphatic carbocycles. The third-order valence-electron chi connectivity index (χ3n) is 3.23. The zero-order valence-electron chi connectivity index (χ0n) is 10.4. The molecular weight excluding hydrogens is 266 g/mol. The van der Waals surface area contributed by atoms with Crippen molar-refractivity contribution in [1.29, 1.82) is 0 Å². The van der Waals surface area contributed by atoms with Gasteiger partial charge in [0.25, 0.3) is 0 Å². The Morgan fingerprint density at radius 1 is 1.56 bits per heavy atom. The maximum Gasteiger partial charge on any atom is 0.106 e. The van der Waals surface area contributed by atoms with E-state index in [0.717, 1.165) is 17.8 Å². The number of likely N-dealkylation sites (N-methyl/N-ethyl adjacent to an activating group) is 1. The van der Waals surface area contributed by atoms with Crippen LogP contribution in [0.1, 0.15) is 18.4 Å². The first kappa shape index (κ1) is 13.6. The predicted molar refractivity (Wildman–Crippen MR) is 81.5 cm³/mol. The number of likely N-dealkylation sites (tertiary alicyclic amines) is 1. The third kappa shape index (κ3) is 3.34. The fourth-order valence-corrected chi connectivity index (χ4v) is 2.69. The zero-order chi connectivity index (χ0) is 13.1. The van der Waals surface area contributed by atoms with Gasteiger partial charge in [0.15, 0.2) is 0 Å². The Hall–Kier alpha value is -0.840. The molecule has 0 saturated carbocycles. The van der Waals surface area contributed by atoms with Crippen LogP contribution in [0.2, 0.25) is 5.02 Å². The Morgan fingerprint density at radius 3 is 3.00 bits per heavy atom. The monoisotopic (exact) mass is 283 g/mol. The molecule has 0 radical (unpaired) electrons. The molecule has 1 aliphatic heterocycles. The van der Waals surface area contributed by atoms with Crippen molar-refractivity contribution >= 4 is 34.5 Å². The number of piperidine rings is 1. The first-order valence-corrected chi connectivity index (χ1v) is 6.89. The highest BCUT2D eigenvalue weighted by atomic mass is 35.5. The van der Waals surface area contributed by atoms with E-state index in [9.17, 15) is 0 Å². The number of hydrogen-bond acceptors (Lipinski definition) is 3. The standard InChI is InChI=1S/C13H18ClN3S/c1-17-6-2-3-10(8-17)16-12-5-4-9(14)7-11(12)13(15)18/h4-5,7,10,16H,2-3,6,8H2,1H3,(H2,15,18). The van der Waals surface area contributed by atoms with Gasteiger partial charge in [-0.15, -0.1) is 0 Å². The van der Waals surface area contributed by atoms with Crippen molar-refractivity contribution in [2.24, 2.45) is 5.73 Å². The highest BCUT2D eigenvalue weighted by Gasteiger charge is 2.18. The molecule has 5 heteroatoms. The minimum atomic E-state index is 0.379. The van der Waals surface area contributed by atoms with E-state index in [1.807, 2.05) is 18.2 Å². The Morgan fingerprint density at radius 2 is 2.33 bits per heavy atom. The fraction of sp³-hybridized carbons (Fsp3) is 0.462. The van der Waals surface area contributed by atoms with E-state index in [0.29, 0.717) is 16.1 Å². The van der Waals surface area contributed by atoms with Crippen molar-refractivity contribution in [1.82, 2.24) is 4.90 Å². The Bertz CT molecular complexity index is 450. The maximum absolute atomic E-state index is 5.98. The number of hydrogen-bond donors (Lipinski definition) is 2. The summed E-state index contributed by atoms with van der Waals surface area (Å²) >= 11 is 11.0. The highest BCUT2D eigenvalue weighted by molar-refractivity contribution is 7.80. The van der Waals surface area contributed by atoms with Crippen LogP contribution in [-0.4, -0.2) is 36.1 Å². The summed E-state index contributed by atoms with van der Waals surface area (Å²) in [7, 11) is 2.14. The summed E-state index contributed by atoms with van der Waals surface area (Å²) in [5, 5.41) is 4.18. The lowest BCUT2D eigenvalue weighted by Gasteiger charge is -2.31. The Balaban J connectivity index is 2.15. The first-order valence-electron chi connectivity index (χ1n) is 6.10. The average Bonchev–Trinajstić information content (AvgIpc) is 2.31. The van der Waals surface area contributed by atoms with Crippen molar-refractivity contribution in [3.63, 3.8) is 0 Å². The fourth-order valence-electron chi connectivity index (χ4n) is 2.35. The van der Waals surface area contributed by atoms with Gasteiger partial charge in [-0.05, 0) is 44.6 Å². The first-order chi connectivity index (χ1) is 8.56. The van der Waals surface area contributed by atoms with Gasteiger partial charge in [-0.2, -0.15) is 0 Å². The van der Waals surface area contributed by atoms with Crippen molar-refractivity contribution in [2.45, 2.75) is 18.9 Å². The number of nitrogens with one attached hydrogen (secondary N) is 1. The molecule has 1 aliphatic rings. The third-order valence-corrected chi connectivity index (χ3v) is 3.69. The van der Waals surface area contributed by atoms with Crippen molar-refractivity contribution in [2.75, 3.05) is 25.5 Å². The number of benzene rings is 1. The summed E-state index contributed by atoms with van der Waals surface area (Å²) in [6.07, 6.45) is 2.38. The minimum Gasteiger partial charge on any atom is -0.389 e. The second-order valence-electron chi connectivity index (χ2n) is 4.80. The molecule has 0 spiro atoms. The van der Waals surface area contributed by atoms with Crippen molar-refractivity contribution < 1.29 is 0 Å². The summed E-state index contributed by atoms with van der Waals surface area (Å²) in [5.74, 6) is 0. The SMILES string of the molecule is CN1CCCC(Nc2ccc(Cl)cc2C(N)=S)C1. The molecule has 1 aromatic carbocycles. The quantitative estimate of drug-likeness (QED) is 0.837. The van der Waals surface area contributed by atoms with Crippen molar-refractivity contribution in [3.8, 4) is 0 Å². The summed E-state index contributed by atoms with van der Waals surface area (Å²) in [6.45, 7) is 2.21. The Labute approximate surface area is 118 Å². The molecule has 1 atom stereocenters. The van der Waals surface area contributed by atoms with E-state index in [2.05, 4.69) is 17.3 Å². The lowest BCUT2D eigenvalue weighted by atomic mass is 10.0. The largest absolute Gasteiger partial charge is 0.389 e. The van der Waals surface area contributed by atoms with E-state index in [1.165, 1.54) is 19.4 Å². The molecule has 0 aromatic heterocycles. The molecule has 1 fully saturated rings. The van der Waals surface area contributed by atoms with Crippen LogP contribution in [0.3, 0.4) is 0 Å². The van der Waals surface area contributed by atoms with E-state index >= 15 is 0 Å². The van der Waals surface area contributed by atoms with Gasteiger partial charge in [0.05, 0.1) is 0 Å². The van der Waals surface area contributed by atoms with Gasteiger partial charge in [0, 0.05) is 28.9 Å². The van der Waals surface area contributed by atoms with Crippen LogP contribution in [-0.2, 0) is 0 Å². The number of rotatable bonds is 3. The molecule has 3 nitrogen and oxygen atoms in total. The van der Waals surface area contributed by atoms with Crippen LogP contribution < -0.4 is 11.1 Å². The van der Waals surface area contributed by atoms with Crippen LogP contribution in [0.5, 0.6) is 0 Å². The molecule has 98 valence electrons. The number of anilines is 1. The highest BCUT2D eigenvalue weighted by Crippen LogP contribution is 2.23. The molecular formula is C13H18ClN3S. The lowest BCUT2D eigenvalue weighted by Crippen LogP contribution is -2.40. The molecule has 1 unspecified atom stereocenters. The topological polar surface area (TPSA) is 41.3 Å². The Kier molecular flexibility index (Phi) is 4.43. The number of nitrogens with two attached hydrogens (primary N) is 1. The lowest BCUT2D eigenvalue weighted by molar-refractivity contribution is 0.261. The number of nitrogens with zero attached hydrogens (tertiary/aromatic N) is 1. The summed E-state index contributed by atoms with van der Waals surface area (Å²) < 4.78 is 0. The van der Waals surface area contributed by atoms with E-state index < -0.39 is 0 Å². The van der Waals surface area contributed by atoms with Gasteiger partial charge in [-0.1, -0.05) is 23.8 Å². The van der Waals surface area contributed by atoms with E-state index in [-0.39, 0.29) is 0 Å². The molecule has 0 bridgehead atoms. The second kappa shape index (κ2) is 5.87. The van der Waals surface area contributed by atoms with Crippen LogP contribution >= 0.6 is 23.8 Å². The van der Waals surface area contributed by atoms with Gasteiger partial charge in [0.1, 0.15) is 4.99 Å². The zero-order valence-corrected chi connectivity index (χ0v) is 12.0. The number of halogens is 1. The van der Waals surface area contributed by atoms with Crippen LogP contribution in [0.25, 0.3) is 0 Å². The maximum atomic E-state index is 5.98. The predicted octanol–water partition coefficient (Wildman–Crippen LogP) is 2.48. The van der Waals surface area contributed by atoms with Crippen molar-refractivity contribution in [3.05, 3.63) is 28.8 Å². The summed E-state index contributed by atoms with van der Waals surface area (Å²) in [6, 6.07) is 6.07. The second-order valence-corrected chi connectivity index (χ2v) is 5.68.